The molecular weight excluding hydrogens is 250 g/mol. The van der Waals surface area contributed by atoms with Gasteiger partial charge in [0, 0.05) is 31.4 Å². The van der Waals surface area contributed by atoms with Gasteiger partial charge in [0.1, 0.15) is 0 Å². The maximum Gasteiger partial charge on any atom is 0.238 e. The number of piperazine rings is 1. The molecule has 0 aromatic heterocycles. The number of carbonyl (C=O) groups excluding carboxylic acids is 1. The summed E-state index contributed by atoms with van der Waals surface area (Å²) in [6.07, 6.45) is 0. The first-order valence-electron chi connectivity index (χ1n) is 7.41. The molecule has 0 spiro atoms. The second kappa shape index (κ2) is 6.86. The van der Waals surface area contributed by atoms with Crippen LogP contribution >= 0.6 is 0 Å². The molecule has 1 saturated heterocycles. The summed E-state index contributed by atoms with van der Waals surface area (Å²) in [7, 11) is 0. The van der Waals surface area contributed by atoms with Crippen LogP contribution in [0.2, 0.25) is 0 Å². The number of hydrogen-bond donors (Lipinski definition) is 2. The van der Waals surface area contributed by atoms with Crippen molar-refractivity contribution in [2.75, 3.05) is 31.5 Å². The lowest BCUT2D eigenvalue weighted by Gasteiger charge is -2.33. The van der Waals surface area contributed by atoms with Gasteiger partial charge >= 0.3 is 0 Å². The minimum Gasteiger partial charge on any atom is -0.325 e. The summed E-state index contributed by atoms with van der Waals surface area (Å²) >= 11 is 0. The monoisotopic (exact) mass is 275 g/mol. The molecule has 20 heavy (non-hydrogen) atoms. The van der Waals surface area contributed by atoms with Crippen molar-refractivity contribution in [3.8, 4) is 0 Å². The van der Waals surface area contributed by atoms with Crippen LogP contribution < -0.4 is 10.6 Å². The van der Waals surface area contributed by atoms with Crippen LogP contribution in [0.25, 0.3) is 0 Å². The third-order valence-electron chi connectivity index (χ3n) is 3.82. The van der Waals surface area contributed by atoms with Gasteiger partial charge in [-0.3, -0.25) is 9.69 Å². The fourth-order valence-corrected chi connectivity index (χ4v) is 2.48. The van der Waals surface area contributed by atoms with E-state index in [9.17, 15) is 4.79 Å². The lowest BCUT2D eigenvalue weighted by Crippen LogP contribution is -2.51. The Morgan fingerprint density at radius 3 is 3.00 bits per heavy atom. The molecule has 1 unspecified atom stereocenters. The van der Waals surface area contributed by atoms with E-state index in [1.165, 1.54) is 5.56 Å². The van der Waals surface area contributed by atoms with Gasteiger partial charge in [-0.2, -0.15) is 0 Å². The first-order chi connectivity index (χ1) is 9.56. The van der Waals surface area contributed by atoms with Gasteiger partial charge in [0.15, 0.2) is 0 Å². The topological polar surface area (TPSA) is 44.4 Å². The Kier molecular flexibility index (Phi) is 5.15. The molecule has 0 bridgehead atoms. The van der Waals surface area contributed by atoms with E-state index in [0.29, 0.717) is 18.5 Å². The van der Waals surface area contributed by atoms with Crippen LogP contribution in [0.3, 0.4) is 0 Å². The van der Waals surface area contributed by atoms with Crippen LogP contribution in [-0.2, 0) is 4.79 Å². The van der Waals surface area contributed by atoms with Crippen LogP contribution in [0, 0.1) is 0 Å². The van der Waals surface area contributed by atoms with Gasteiger partial charge < -0.3 is 10.6 Å². The molecule has 110 valence electrons. The van der Waals surface area contributed by atoms with E-state index in [1.807, 2.05) is 12.1 Å². The van der Waals surface area contributed by atoms with Crippen molar-refractivity contribution in [1.82, 2.24) is 10.2 Å². The number of nitrogens with zero attached hydrogens (tertiary/aromatic N) is 1. The number of nitrogens with one attached hydrogen (secondary N) is 2. The van der Waals surface area contributed by atoms with Crippen molar-refractivity contribution in [3.05, 3.63) is 29.8 Å². The van der Waals surface area contributed by atoms with Gasteiger partial charge in [0.2, 0.25) is 5.91 Å². The van der Waals surface area contributed by atoms with Crippen molar-refractivity contribution in [2.24, 2.45) is 0 Å². The van der Waals surface area contributed by atoms with E-state index in [4.69, 9.17) is 0 Å². The summed E-state index contributed by atoms with van der Waals surface area (Å²) in [5, 5.41) is 6.34. The smallest absolute Gasteiger partial charge is 0.238 e. The first-order valence-corrected chi connectivity index (χ1v) is 7.41. The second-order valence-corrected chi connectivity index (χ2v) is 5.85. The third-order valence-corrected chi connectivity index (χ3v) is 3.82. The molecule has 1 fully saturated rings. The zero-order valence-electron chi connectivity index (χ0n) is 12.6. The molecule has 2 N–H and O–H groups in total. The van der Waals surface area contributed by atoms with Gasteiger partial charge in [-0.1, -0.05) is 26.0 Å². The molecule has 0 aliphatic carbocycles. The average molecular weight is 275 g/mol. The summed E-state index contributed by atoms with van der Waals surface area (Å²) in [6, 6.07) is 8.52. The Morgan fingerprint density at radius 1 is 1.50 bits per heavy atom. The number of amides is 1. The standard InChI is InChI=1S/C16H25N3O/c1-12(2)14-5-4-6-15(9-14)18-16(20)11-19-8-7-17-10-13(19)3/h4-6,9,12-13,17H,7-8,10-11H2,1-3H3,(H,18,20). The van der Waals surface area contributed by atoms with E-state index in [1.54, 1.807) is 0 Å². The number of hydrogen-bond acceptors (Lipinski definition) is 3. The highest BCUT2D eigenvalue weighted by Gasteiger charge is 2.20. The van der Waals surface area contributed by atoms with Crippen molar-refractivity contribution < 1.29 is 4.79 Å². The zero-order chi connectivity index (χ0) is 14.5. The Balaban J connectivity index is 1.92. The van der Waals surface area contributed by atoms with E-state index in [2.05, 4.69) is 48.4 Å². The summed E-state index contributed by atoms with van der Waals surface area (Å²) in [4.78, 5) is 14.4. The Hall–Kier alpha value is -1.39. The highest BCUT2D eigenvalue weighted by Crippen LogP contribution is 2.18. The van der Waals surface area contributed by atoms with E-state index in [-0.39, 0.29) is 5.91 Å². The fourth-order valence-electron chi connectivity index (χ4n) is 2.48. The molecule has 1 heterocycles. The van der Waals surface area contributed by atoms with Crippen LogP contribution in [0.5, 0.6) is 0 Å². The Morgan fingerprint density at radius 2 is 2.30 bits per heavy atom. The molecule has 1 amide bonds. The molecule has 1 aromatic carbocycles. The fraction of sp³-hybridized carbons (Fsp3) is 0.562. The quantitative estimate of drug-likeness (QED) is 0.884. The highest BCUT2D eigenvalue weighted by molar-refractivity contribution is 5.92. The van der Waals surface area contributed by atoms with Crippen LogP contribution in [0.4, 0.5) is 5.69 Å². The minimum absolute atomic E-state index is 0.0691. The molecule has 2 rings (SSSR count). The number of rotatable bonds is 4. The molecule has 0 radical (unpaired) electrons. The normalized spacial score (nSPS) is 20.1. The minimum atomic E-state index is 0.0691. The zero-order valence-corrected chi connectivity index (χ0v) is 12.6. The lowest BCUT2D eigenvalue weighted by molar-refractivity contribution is -0.118. The van der Waals surface area contributed by atoms with Gasteiger partial charge in [0.25, 0.3) is 0 Å². The molecule has 1 atom stereocenters. The van der Waals surface area contributed by atoms with Gasteiger partial charge in [0.05, 0.1) is 6.54 Å². The van der Waals surface area contributed by atoms with Crippen molar-refractivity contribution in [2.45, 2.75) is 32.7 Å². The maximum atomic E-state index is 12.1. The predicted molar refractivity (Wildman–Crippen MR) is 83.1 cm³/mol. The highest BCUT2D eigenvalue weighted by atomic mass is 16.2. The largest absolute Gasteiger partial charge is 0.325 e. The molecule has 1 aromatic rings. The van der Waals surface area contributed by atoms with Crippen molar-refractivity contribution >= 4 is 11.6 Å². The van der Waals surface area contributed by atoms with Gasteiger partial charge in [-0.25, -0.2) is 0 Å². The summed E-state index contributed by atoms with van der Waals surface area (Å²) in [5.41, 5.74) is 2.14. The number of carbonyl (C=O) groups is 1. The molecule has 4 heteroatoms. The van der Waals surface area contributed by atoms with Crippen molar-refractivity contribution in [1.29, 1.82) is 0 Å². The number of anilines is 1. The predicted octanol–water partition coefficient (Wildman–Crippen LogP) is 2.04. The van der Waals surface area contributed by atoms with Gasteiger partial charge in [-0.15, -0.1) is 0 Å². The summed E-state index contributed by atoms with van der Waals surface area (Å²) < 4.78 is 0. The van der Waals surface area contributed by atoms with Crippen LogP contribution in [-0.4, -0.2) is 43.0 Å². The molecule has 0 saturated carbocycles. The molecule has 4 nitrogen and oxygen atoms in total. The Labute approximate surface area is 121 Å². The average Bonchev–Trinajstić information content (AvgIpc) is 2.41. The van der Waals surface area contributed by atoms with Crippen LogP contribution in [0.1, 0.15) is 32.3 Å². The SMILES string of the molecule is CC(C)c1cccc(NC(=O)CN2CCNCC2C)c1. The maximum absolute atomic E-state index is 12.1. The summed E-state index contributed by atoms with van der Waals surface area (Å²) in [6.45, 7) is 9.78. The molecular formula is C16H25N3O. The van der Waals surface area contributed by atoms with Crippen LogP contribution in [0.15, 0.2) is 24.3 Å². The van der Waals surface area contributed by atoms with E-state index < -0.39 is 0 Å². The lowest BCUT2D eigenvalue weighted by atomic mass is 10.0. The second-order valence-electron chi connectivity index (χ2n) is 5.85. The third kappa shape index (κ3) is 4.05. The summed E-state index contributed by atoms with van der Waals surface area (Å²) in [5.74, 6) is 0.541. The van der Waals surface area contributed by atoms with Gasteiger partial charge in [-0.05, 0) is 30.5 Å². The van der Waals surface area contributed by atoms with Crippen molar-refractivity contribution in [3.63, 3.8) is 0 Å². The molecule has 1 aliphatic heterocycles. The first kappa shape index (κ1) is 15.0. The van der Waals surface area contributed by atoms with E-state index in [0.717, 1.165) is 25.3 Å². The molecule has 1 aliphatic rings. The van der Waals surface area contributed by atoms with E-state index >= 15 is 0 Å². The number of benzene rings is 1. The Bertz CT molecular complexity index is 459.